The molecule has 2 heterocycles. The predicted molar refractivity (Wildman–Crippen MR) is 86.8 cm³/mol. The lowest BCUT2D eigenvalue weighted by Crippen LogP contribution is -2.23. The molecule has 0 bridgehead atoms. The molecule has 0 aromatic carbocycles. The number of unbranched alkanes of at least 4 members (excludes halogenated alkanes) is 1. The molecule has 0 radical (unpaired) electrons. The van der Waals surface area contributed by atoms with E-state index in [9.17, 15) is 4.79 Å². The van der Waals surface area contributed by atoms with Crippen molar-refractivity contribution < 1.29 is 4.79 Å². The summed E-state index contributed by atoms with van der Waals surface area (Å²) in [6.07, 6.45) is 13.2. The van der Waals surface area contributed by atoms with E-state index in [4.69, 9.17) is 0 Å². The highest BCUT2D eigenvalue weighted by atomic mass is 32.1. The van der Waals surface area contributed by atoms with Gasteiger partial charge in [0.15, 0.2) is 4.96 Å². The van der Waals surface area contributed by atoms with Crippen LogP contribution >= 0.6 is 11.3 Å². The molecule has 0 N–H and O–H groups in total. The Labute approximate surface area is 130 Å². The quantitative estimate of drug-likeness (QED) is 0.787. The van der Waals surface area contributed by atoms with Gasteiger partial charge in [0.05, 0.1) is 12.1 Å². The summed E-state index contributed by atoms with van der Waals surface area (Å²) < 4.78 is 2.01. The monoisotopic (exact) mass is 304 g/mol. The van der Waals surface area contributed by atoms with Gasteiger partial charge in [-0.15, -0.1) is 11.3 Å². The van der Waals surface area contributed by atoms with Gasteiger partial charge in [0.25, 0.3) is 0 Å². The van der Waals surface area contributed by atoms with E-state index in [0.717, 1.165) is 29.4 Å². The van der Waals surface area contributed by atoms with Crippen molar-refractivity contribution in [2.75, 3.05) is 0 Å². The summed E-state index contributed by atoms with van der Waals surface area (Å²) in [5, 5.41) is 2.02. The van der Waals surface area contributed by atoms with E-state index in [1.807, 2.05) is 22.2 Å². The number of Topliss-reactive ketones (excluding diaryl/α,β-unsaturated/α-hetero) is 1. The molecule has 1 saturated carbocycles. The summed E-state index contributed by atoms with van der Waals surface area (Å²) in [5.74, 6) is 1.55. The van der Waals surface area contributed by atoms with E-state index in [1.165, 1.54) is 32.1 Å². The van der Waals surface area contributed by atoms with Crippen LogP contribution in [0.25, 0.3) is 4.96 Å². The SMILES string of the molecule is CCCCC1CCC(C(=O)Cc2cn3ccsc3n2)CC1. The van der Waals surface area contributed by atoms with Crippen LogP contribution in [0.15, 0.2) is 17.8 Å². The molecule has 0 unspecified atom stereocenters. The Balaban J connectivity index is 1.51. The van der Waals surface area contributed by atoms with Crippen LogP contribution in [-0.4, -0.2) is 15.2 Å². The molecular weight excluding hydrogens is 280 g/mol. The van der Waals surface area contributed by atoms with Crippen LogP contribution in [0.4, 0.5) is 0 Å². The number of hydrogen-bond acceptors (Lipinski definition) is 3. The van der Waals surface area contributed by atoms with Gasteiger partial charge >= 0.3 is 0 Å². The zero-order valence-electron chi connectivity index (χ0n) is 12.8. The lowest BCUT2D eigenvalue weighted by atomic mass is 9.77. The highest BCUT2D eigenvalue weighted by Crippen LogP contribution is 2.32. The third kappa shape index (κ3) is 3.54. The maximum absolute atomic E-state index is 12.4. The van der Waals surface area contributed by atoms with Crippen molar-refractivity contribution in [1.82, 2.24) is 9.38 Å². The van der Waals surface area contributed by atoms with Crippen LogP contribution in [0.3, 0.4) is 0 Å². The smallest absolute Gasteiger partial charge is 0.193 e. The fraction of sp³-hybridized carbons (Fsp3) is 0.647. The van der Waals surface area contributed by atoms with E-state index in [0.29, 0.717) is 12.2 Å². The molecule has 0 atom stereocenters. The Bertz CT molecular complexity index is 564. The van der Waals surface area contributed by atoms with Crippen LogP contribution in [-0.2, 0) is 11.2 Å². The normalized spacial score (nSPS) is 22.7. The molecule has 0 spiro atoms. The zero-order chi connectivity index (χ0) is 14.7. The Morgan fingerprint density at radius 3 is 2.90 bits per heavy atom. The van der Waals surface area contributed by atoms with E-state index < -0.39 is 0 Å². The van der Waals surface area contributed by atoms with Crippen LogP contribution in [0, 0.1) is 11.8 Å². The molecule has 0 amide bonds. The predicted octanol–water partition coefficient (Wildman–Crippen LogP) is 4.50. The van der Waals surface area contributed by atoms with Crippen molar-refractivity contribution in [3.63, 3.8) is 0 Å². The summed E-state index contributed by atoms with van der Waals surface area (Å²) in [5.41, 5.74) is 0.931. The molecule has 0 aliphatic heterocycles. The first-order valence-electron chi connectivity index (χ1n) is 8.20. The van der Waals surface area contributed by atoms with Gasteiger partial charge in [-0.3, -0.25) is 9.20 Å². The maximum Gasteiger partial charge on any atom is 0.193 e. The first kappa shape index (κ1) is 14.8. The van der Waals surface area contributed by atoms with Crippen molar-refractivity contribution in [1.29, 1.82) is 0 Å². The highest BCUT2D eigenvalue weighted by molar-refractivity contribution is 7.15. The number of imidazole rings is 1. The number of ketones is 1. The first-order chi connectivity index (χ1) is 10.3. The molecule has 0 saturated heterocycles. The lowest BCUT2D eigenvalue weighted by Gasteiger charge is -2.27. The Hall–Kier alpha value is -1.16. The maximum atomic E-state index is 12.4. The second kappa shape index (κ2) is 6.73. The minimum absolute atomic E-state index is 0.280. The van der Waals surface area contributed by atoms with Crippen molar-refractivity contribution in [2.24, 2.45) is 11.8 Å². The van der Waals surface area contributed by atoms with Gasteiger partial charge in [-0.25, -0.2) is 4.98 Å². The molecule has 2 aromatic heterocycles. The second-order valence-corrected chi connectivity index (χ2v) is 7.20. The van der Waals surface area contributed by atoms with Crippen LogP contribution in [0.1, 0.15) is 57.6 Å². The van der Waals surface area contributed by atoms with Gasteiger partial charge in [0, 0.05) is 23.7 Å². The summed E-state index contributed by atoms with van der Waals surface area (Å²) in [7, 11) is 0. The number of aromatic nitrogens is 2. The third-order valence-electron chi connectivity index (χ3n) is 4.77. The van der Waals surface area contributed by atoms with Gasteiger partial charge in [-0.1, -0.05) is 26.2 Å². The number of fused-ring (bicyclic) bond motifs is 1. The van der Waals surface area contributed by atoms with E-state index >= 15 is 0 Å². The number of rotatable bonds is 6. The average molecular weight is 304 g/mol. The summed E-state index contributed by atoms with van der Waals surface area (Å²) >= 11 is 1.62. The van der Waals surface area contributed by atoms with E-state index in [1.54, 1.807) is 11.3 Å². The standard InChI is InChI=1S/C17H24N2OS/c1-2-3-4-13-5-7-14(8-6-13)16(20)11-15-12-19-9-10-21-17(19)18-15/h9-10,12-14H,2-8,11H2,1H3. The molecule has 21 heavy (non-hydrogen) atoms. The number of carbonyl (C=O) groups excluding carboxylic acids is 1. The van der Waals surface area contributed by atoms with Crippen molar-refractivity contribution in [3.8, 4) is 0 Å². The summed E-state index contributed by atoms with van der Waals surface area (Å²) in [4.78, 5) is 18.0. The van der Waals surface area contributed by atoms with Crippen LogP contribution < -0.4 is 0 Å². The molecule has 1 fully saturated rings. The average Bonchev–Trinajstić information content (AvgIpc) is 3.06. The number of thiazole rings is 1. The van der Waals surface area contributed by atoms with Gasteiger partial charge in [-0.2, -0.15) is 0 Å². The Morgan fingerprint density at radius 2 is 2.19 bits per heavy atom. The van der Waals surface area contributed by atoms with E-state index in [2.05, 4.69) is 11.9 Å². The Kier molecular flexibility index (Phi) is 4.73. The van der Waals surface area contributed by atoms with Crippen molar-refractivity contribution in [2.45, 2.75) is 58.3 Å². The van der Waals surface area contributed by atoms with E-state index in [-0.39, 0.29) is 5.92 Å². The fourth-order valence-corrected chi connectivity index (χ4v) is 4.17. The van der Waals surface area contributed by atoms with Crippen LogP contribution in [0.5, 0.6) is 0 Å². The summed E-state index contributed by atoms with van der Waals surface area (Å²) in [6, 6.07) is 0. The fourth-order valence-electron chi connectivity index (χ4n) is 3.45. The molecule has 114 valence electrons. The topological polar surface area (TPSA) is 34.4 Å². The number of hydrogen-bond donors (Lipinski definition) is 0. The molecule has 1 aliphatic rings. The van der Waals surface area contributed by atoms with Gasteiger partial charge in [0.1, 0.15) is 5.78 Å². The molecule has 3 rings (SSSR count). The van der Waals surface area contributed by atoms with Gasteiger partial charge in [-0.05, 0) is 31.6 Å². The molecule has 3 nitrogen and oxygen atoms in total. The molecule has 4 heteroatoms. The lowest BCUT2D eigenvalue weighted by molar-refractivity contribution is -0.123. The third-order valence-corrected chi connectivity index (χ3v) is 5.54. The molecule has 1 aliphatic carbocycles. The van der Waals surface area contributed by atoms with Crippen molar-refractivity contribution >= 4 is 22.1 Å². The van der Waals surface area contributed by atoms with Gasteiger partial charge in [0.2, 0.25) is 0 Å². The Morgan fingerprint density at radius 1 is 1.38 bits per heavy atom. The highest BCUT2D eigenvalue weighted by Gasteiger charge is 2.26. The number of carbonyl (C=O) groups is 1. The van der Waals surface area contributed by atoms with Crippen LogP contribution in [0.2, 0.25) is 0 Å². The first-order valence-corrected chi connectivity index (χ1v) is 9.08. The molecule has 2 aromatic rings. The second-order valence-electron chi connectivity index (χ2n) is 6.33. The van der Waals surface area contributed by atoms with Gasteiger partial charge < -0.3 is 0 Å². The zero-order valence-corrected chi connectivity index (χ0v) is 13.6. The number of nitrogens with zero attached hydrogens (tertiary/aromatic N) is 2. The largest absolute Gasteiger partial charge is 0.299 e. The van der Waals surface area contributed by atoms with Crippen molar-refractivity contribution in [3.05, 3.63) is 23.5 Å². The molecular formula is C17H24N2OS. The summed E-state index contributed by atoms with van der Waals surface area (Å²) in [6.45, 7) is 2.25. The minimum atomic E-state index is 0.280. The minimum Gasteiger partial charge on any atom is -0.299 e.